The fraction of sp³-hybridized carbons (Fsp3) is 0.200. The molecule has 0 aromatic heterocycles. The van der Waals surface area contributed by atoms with Crippen LogP contribution in [0.3, 0.4) is 0 Å². The fourth-order valence-electron chi connectivity index (χ4n) is 2.27. The Morgan fingerprint density at radius 1 is 0.885 bits per heavy atom. The van der Waals surface area contributed by atoms with Gasteiger partial charge in [0.25, 0.3) is 20.2 Å². The summed E-state index contributed by atoms with van der Waals surface area (Å²) >= 11 is 0. The van der Waals surface area contributed by atoms with E-state index in [1.165, 1.54) is 44.6 Å². The molecule has 2 rings (SSSR count). The second kappa shape index (κ2) is 7.40. The maximum absolute atomic E-state index is 12.7. The fourth-order valence-corrected chi connectivity index (χ4v) is 4.02. The molecule has 142 valence electrons. The first-order chi connectivity index (χ1) is 12.1. The average molecular weight is 401 g/mol. The van der Waals surface area contributed by atoms with Gasteiger partial charge in [0.05, 0.1) is 30.5 Å². The number of hydrogen-bond acceptors (Lipinski definition) is 6. The van der Waals surface area contributed by atoms with Crippen LogP contribution in [0.15, 0.2) is 41.3 Å². The molecule has 0 aliphatic heterocycles. The van der Waals surface area contributed by atoms with E-state index in [0.717, 1.165) is 0 Å². The number of aryl methyl sites for hydroxylation is 1. The third-order valence-electron chi connectivity index (χ3n) is 3.35. The normalized spacial score (nSPS) is 11.7. The molecular formula is C15H19N3O6S2. The molecule has 0 amide bonds. The Kier molecular flexibility index (Phi) is 5.64. The molecule has 0 aliphatic carbocycles. The highest BCUT2D eigenvalue weighted by Gasteiger charge is 2.20. The van der Waals surface area contributed by atoms with Gasteiger partial charge in [0.2, 0.25) is 0 Å². The van der Waals surface area contributed by atoms with E-state index in [-0.39, 0.29) is 22.0 Å². The average Bonchev–Trinajstić information content (AvgIpc) is 2.52. The molecule has 2 aromatic carbocycles. The van der Waals surface area contributed by atoms with Crippen LogP contribution in [-0.2, 0) is 20.2 Å². The van der Waals surface area contributed by atoms with Crippen LogP contribution in [0, 0.1) is 6.92 Å². The molecule has 26 heavy (non-hydrogen) atoms. The van der Waals surface area contributed by atoms with Gasteiger partial charge in [0.1, 0.15) is 0 Å². The molecule has 0 unspecified atom stereocenters. The molecular weight excluding hydrogens is 382 g/mol. The summed E-state index contributed by atoms with van der Waals surface area (Å²) in [5.74, 6) is 0.673. The second-order valence-electron chi connectivity index (χ2n) is 5.31. The molecule has 0 aliphatic rings. The van der Waals surface area contributed by atoms with E-state index < -0.39 is 20.2 Å². The smallest absolute Gasteiger partial charge is 0.296 e. The first-order valence-electron chi connectivity index (χ1n) is 7.22. The highest BCUT2D eigenvalue weighted by molar-refractivity contribution is 7.92. The molecule has 0 radical (unpaired) electrons. The topological polar surface area (TPSA) is 137 Å². The number of rotatable bonds is 7. The Hall–Kier alpha value is -2.50. The predicted molar refractivity (Wildman–Crippen MR) is 98.3 cm³/mol. The lowest BCUT2D eigenvalue weighted by Crippen LogP contribution is -2.21. The maximum Gasteiger partial charge on any atom is 0.296 e. The molecule has 4 N–H and O–H groups in total. The van der Waals surface area contributed by atoms with Gasteiger partial charge in [0, 0.05) is 6.07 Å². The van der Waals surface area contributed by atoms with Gasteiger partial charge >= 0.3 is 0 Å². The zero-order valence-corrected chi connectivity index (χ0v) is 15.9. The van der Waals surface area contributed by atoms with E-state index in [1.807, 2.05) is 0 Å². The molecule has 0 bridgehead atoms. The zero-order valence-electron chi connectivity index (χ0n) is 14.3. The summed E-state index contributed by atoms with van der Waals surface area (Å²) in [7, 11) is -5.07. The van der Waals surface area contributed by atoms with Crippen LogP contribution in [-0.4, -0.2) is 31.1 Å². The van der Waals surface area contributed by atoms with E-state index in [4.69, 9.17) is 14.6 Å². The van der Waals surface area contributed by atoms with Gasteiger partial charge in [-0.05, 0) is 36.8 Å². The number of ether oxygens (including phenoxy) is 2. The van der Waals surface area contributed by atoms with E-state index in [0.29, 0.717) is 11.3 Å². The number of methoxy groups -OCH3 is 2. The van der Waals surface area contributed by atoms with Crippen LogP contribution < -0.4 is 24.1 Å². The molecule has 0 saturated carbocycles. The lowest BCUT2D eigenvalue weighted by atomic mass is 10.2. The Morgan fingerprint density at radius 2 is 1.42 bits per heavy atom. The zero-order chi connectivity index (χ0) is 19.5. The van der Waals surface area contributed by atoms with Crippen molar-refractivity contribution in [2.45, 2.75) is 11.8 Å². The first-order valence-corrected chi connectivity index (χ1v) is 10.2. The number of hydrogen-bond donors (Lipinski definition) is 3. The standard InChI is InChI=1S/C15H19N3O6S2/c1-10-7-13(23-2)14(24-3)9-15(10)25(19,20)17-11-5-4-6-12(8-11)18-26(16,21)22/h4-9,17-18H,1-3H3,(H2,16,21,22). The summed E-state index contributed by atoms with van der Waals surface area (Å²) in [6, 6.07) is 8.59. The van der Waals surface area contributed by atoms with Crippen molar-refractivity contribution in [1.29, 1.82) is 0 Å². The predicted octanol–water partition coefficient (Wildman–Crippen LogP) is 1.43. The van der Waals surface area contributed by atoms with Gasteiger partial charge in [0.15, 0.2) is 11.5 Å². The van der Waals surface area contributed by atoms with Gasteiger partial charge < -0.3 is 9.47 Å². The summed E-state index contributed by atoms with van der Waals surface area (Å²) in [5, 5.41) is 4.91. The number of nitrogens with two attached hydrogens (primary N) is 1. The number of benzene rings is 2. The van der Waals surface area contributed by atoms with Crippen LogP contribution in [0.5, 0.6) is 11.5 Å². The van der Waals surface area contributed by atoms with Crippen molar-refractivity contribution in [1.82, 2.24) is 0 Å². The van der Waals surface area contributed by atoms with E-state index >= 15 is 0 Å². The second-order valence-corrected chi connectivity index (χ2v) is 8.25. The summed E-state index contributed by atoms with van der Waals surface area (Å²) in [5.41, 5.74) is 0.735. The van der Waals surface area contributed by atoms with Crippen LogP contribution in [0.2, 0.25) is 0 Å². The van der Waals surface area contributed by atoms with E-state index in [2.05, 4.69) is 9.44 Å². The van der Waals surface area contributed by atoms with Crippen molar-refractivity contribution >= 4 is 31.6 Å². The lowest BCUT2D eigenvalue weighted by Gasteiger charge is -2.15. The summed E-state index contributed by atoms with van der Waals surface area (Å²) in [4.78, 5) is -0.0000383. The quantitative estimate of drug-likeness (QED) is 0.642. The van der Waals surface area contributed by atoms with Crippen molar-refractivity contribution in [3.63, 3.8) is 0 Å². The molecule has 0 saturated heterocycles. The van der Waals surface area contributed by atoms with Gasteiger partial charge in [-0.3, -0.25) is 9.44 Å². The van der Waals surface area contributed by atoms with Crippen LogP contribution in [0.1, 0.15) is 5.56 Å². The minimum absolute atomic E-state index is 0.0000383. The molecule has 9 nitrogen and oxygen atoms in total. The van der Waals surface area contributed by atoms with Gasteiger partial charge in [-0.25, -0.2) is 13.6 Å². The summed E-state index contributed by atoms with van der Waals surface area (Å²) < 4.78 is 62.4. The highest BCUT2D eigenvalue weighted by Crippen LogP contribution is 2.33. The number of sulfonamides is 1. The van der Waals surface area contributed by atoms with Crippen molar-refractivity contribution in [2.24, 2.45) is 5.14 Å². The molecule has 11 heteroatoms. The van der Waals surface area contributed by atoms with Gasteiger partial charge in [-0.1, -0.05) is 6.07 Å². The van der Waals surface area contributed by atoms with Crippen molar-refractivity contribution < 1.29 is 26.3 Å². The Labute approximate surface area is 152 Å². The monoisotopic (exact) mass is 401 g/mol. The lowest BCUT2D eigenvalue weighted by molar-refractivity contribution is 0.353. The Balaban J connectivity index is 2.39. The van der Waals surface area contributed by atoms with Crippen molar-refractivity contribution in [3.05, 3.63) is 42.0 Å². The van der Waals surface area contributed by atoms with Crippen molar-refractivity contribution in [2.75, 3.05) is 23.7 Å². The molecule has 0 heterocycles. The van der Waals surface area contributed by atoms with Gasteiger partial charge in [-0.15, -0.1) is 0 Å². The van der Waals surface area contributed by atoms with Crippen LogP contribution in [0.25, 0.3) is 0 Å². The van der Waals surface area contributed by atoms with E-state index in [9.17, 15) is 16.8 Å². The minimum Gasteiger partial charge on any atom is -0.493 e. The first kappa shape index (κ1) is 19.8. The van der Waals surface area contributed by atoms with E-state index in [1.54, 1.807) is 13.0 Å². The third kappa shape index (κ3) is 4.77. The molecule has 0 fully saturated rings. The van der Waals surface area contributed by atoms with Crippen LogP contribution in [0.4, 0.5) is 11.4 Å². The third-order valence-corrected chi connectivity index (χ3v) is 5.39. The molecule has 2 aromatic rings. The number of nitrogens with one attached hydrogen (secondary N) is 2. The largest absolute Gasteiger partial charge is 0.493 e. The Morgan fingerprint density at radius 3 is 1.96 bits per heavy atom. The minimum atomic E-state index is -3.97. The van der Waals surface area contributed by atoms with Gasteiger partial charge in [-0.2, -0.15) is 8.42 Å². The van der Waals surface area contributed by atoms with Crippen molar-refractivity contribution in [3.8, 4) is 11.5 Å². The summed E-state index contributed by atoms with van der Waals surface area (Å²) in [6.07, 6.45) is 0. The highest BCUT2D eigenvalue weighted by atomic mass is 32.2. The number of anilines is 2. The maximum atomic E-state index is 12.7. The Bertz CT molecular complexity index is 1020. The SMILES string of the molecule is COc1cc(C)c(S(=O)(=O)Nc2cccc(NS(N)(=O)=O)c2)cc1OC. The summed E-state index contributed by atoms with van der Waals surface area (Å²) in [6.45, 7) is 1.62. The molecule has 0 spiro atoms. The van der Waals surface area contributed by atoms with Crippen LogP contribution >= 0.6 is 0 Å². The molecule has 0 atom stereocenters.